The van der Waals surface area contributed by atoms with Crippen molar-refractivity contribution in [3.63, 3.8) is 0 Å². The number of pyridine rings is 1. The minimum atomic E-state index is -0.385. The number of halogens is 1. The fourth-order valence-corrected chi connectivity index (χ4v) is 3.61. The molecule has 2 aromatic carbocycles. The number of nitrogens with zero attached hydrogens (tertiary/aromatic N) is 4. The molecule has 0 radical (unpaired) electrons. The molecular weight excluding hydrogens is 363 g/mol. The Bertz CT molecular complexity index is 1040. The van der Waals surface area contributed by atoms with E-state index in [0.29, 0.717) is 37.1 Å². The molecular formula is C20H19FN4O3. The van der Waals surface area contributed by atoms with Crippen molar-refractivity contribution in [2.45, 2.75) is 0 Å². The first-order valence-corrected chi connectivity index (χ1v) is 8.94. The molecule has 3 aromatic rings. The van der Waals surface area contributed by atoms with Crippen LogP contribution in [-0.4, -0.2) is 43.2 Å². The van der Waals surface area contributed by atoms with Crippen LogP contribution in [0.2, 0.25) is 0 Å². The molecule has 8 heteroatoms. The fraction of sp³-hybridized carbons (Fsp3) is 0.250. The van der Waals surface area contributed by atoms with Gasteiger partial charge in [0.2, 0.25) is 0 Å². The van der Waals surface area contributed by atoms with Gasteiger partial charge in [-0.25, -0.2) is 4.39 Å². The smallest absolute Gasteiger partial charge is 0.278 e. The second kappa shape index (κ2) is 7.30. The van der Waals surface area contributed by atoms with E-state index in [0.717, 1.165) is 11.4 Å². The van der Waals surface area contributed by atoms with Gasteiger partial charge < -0.3 is 14.5 Å². The number of hydrogen-bond acceptors (Lipinski definition) is 6. The molecule has 0 bridgehead atoms. The summed E-state index contributed by atoms with van der Waals surface area (Å²) < 4.78 is 19.0. The van der Waals surface area contributed by atoms with Gasteiger partial charge in [-0.05, 0) is 30.3 Å². The van der Waals surface area contributed by atoms with Crippen LogP contribution in [0.15, 0.2) is 48.7 Å². The second-order valence-electron chi connectivity index (χ2n) is 6.55. The average Bonchev–Trinajstić information content (AvgIpc) is 2.73. The lowest BCUT2D eigenvalue weighted by Gasteiger charge is -2.37. The van der Waals surface area contributed by atoms with Gasteiger partial charge in [-0.2, -0.15) is 0 Å². The topological polar surface area (TPSA) is 71.7 Å². The predicted molar refractivity (Wildman–Crippen MR) is 106 cm³/mol. The Kier molecular flexibility index (Phi) is 4.68. The highest BCUT2D eigenvalue weighted by molar-refractivity contribution is 5.97. The van der Waals surface area contributed by atoms with Crippen LogP contribution in [0.3, 0.4) is 0 Å². The third-order valence-electron chi connectivity index (χ3n) is 5.04. The molecule has 0 atom stereocenters. The van der Waals surface area contributed by atoms with Gasteiger partial charge in [0, 0.05) is 50.2 Å². The summed E-state index contributed by atoms with van der Waals surface area (Å²) in [6.07, 6.45) is 1.64. The van der Waals surface area contributed by atoms with Crippen molar-refractivity contribution in [1.82, 2.24) is 4.98 Å². The zero-order chi connectivity index (χ0) is 19.7. The SMILES string of the molecule is COc1ccc(N2CCN(c3ccc([N+](=O)[O-])c4cccnc34)CC2)cc1F. The number of nitro benzene ring substituents is 1. The summed E-state index contributed by atoms with van der Waals surface area (Å²) in [4.78, 5) is 19.6. The van der Waals surface area contributed by atoms with Gasteiger partial charge in [0.1, 0.15) is 5.52 Å². The van der Waals surface area contributed by atoms with Crippen LogP contribution in [0, 0.1) is 15.9 Å². The number of anilines is 2. The molecule has 2 heterocycles. The molecule has 0 N–H and O–H groups in total. The van der Waals surface area contributed by atoms with Crippen molar-refractivity contribution in [2.75, 3.05) is 43.1 Å². The van der Waals surface area contributed by atoms with Crippen molar-refractivity contribution in [2.24, 2.45) is 0 Å². The van der Waals surface area contributed by atoms with Crippen molar-refractivity contribution < 1.29 is 14.1 Å². The zero-order valence-electron chi connectivity index (χ0n) is 15.3. The molecule has 7 nitrogen and oxygen atoms in total. The van der Waals surface area contributed by atoms with Crippen LogP contribution in [0.4, 0.5) is 21.5 Å². The molecule has 1 aliphatic rings. The number of nitro groups is 1. The summed E-state index contributed by atoms with van der Waals surface area (Å²) in [5.74, 6) is -0.154. The number of hydrogen-bond donors (Lipinski definition) is 0. The van der Waals surface area contributed by atoms with Crippen LogP contribution in [0.5, 0.6) is 5.75 Å². The second-order valence-corrected chi connectivity index (χ2v) is 6.55. The molecule has 0 amide bonds. The van der Waals surface area contributed by atoms with Crippen LogP contribution in [-0.2, 0) is 0 Å². The van der Waals surface area contributed by atoms with Crippen LogP contribution in [0.25, 0.3) is 10.9 Å². The summed E-state index contributed by atoms with van der Waals surface area (Å²) in [6, 6.07) is 11.7. The lowest BCUT2D eigenvalue weighted by Crippen LogP contribution is -2.46. The Morgan fingerprint density at radius 3 is 2.54 bits per heavy atom. The molecule has 0 unspecified atom stereocenters. The van der Waals surface area contributed by atoms with Crippen LogP contribution < -0.4 is 14.5 Å². The summed E-state index contributed by atoms with van der Waals surface area (Å²) in [5.41, 5.74) is 2.37. The zero-order valence-corrected chi connectivity index (χ0v) is 15.3. The van der Waals surface area contributed by atoms with E-state index in [2.05, 4.69) is 14.8 Å². The molecule has 0 aliphatic carbocycles. The highest BCUT2D eigenvalue weighted by Gasteiger charge is 2.23. The Labute approximate surface area is 161 Å². The number of rotatable bonds is 4. The lowest BCUT2D eigenvalue weighted by molar-refractivity contribution is -0.383. The monoisotopic (exact) mass is 382 g/mol. The average molecular weight is 382 g/mol. The maximum absolute atomic E-state index is 14.0. The van der Waals surface area contributed by atoms with Crippen LogP contribution >= 0.6 is 0 Å². The Morgan fingerprint density at radius 2 is 1.86 bits per heavy atom. The van der Waals surface area contributed by atoms with Gasteiger partial charge in [-0.1, -0.05) is 0 Å². The van der Waals surface area contributed by atoms with Gasteiger partial charge in [0.05, 0.1) is 23.1 Å². The van der Waals surface area contributed by atoms with Gasteiger partial charge in [0.25, 0.3) is 5.69 Å². The van der Waals surface area contributed by atoms with E-state index in [1.807, 2.05) is 6.07 Å². The van der Waals surface area contributed by atoms with Gasteiger partial charge >= 0.3 is 0 Å². The Morgan fingerprint density at radius 1 is 1.11 bits per heavy atom. The summed E-state index contributed by atoms with van der Waals surface area (Å²) in [6.45, 7) is 2.82. The number of benzene rings is 2. The molecule has 1 aliphatic heterocycles. The highest BCUT2D eigenvalue weighted by atomic mass is 19.1. The summed E-state index contributed by atoms with van der Waals surface area (Å²) >= 11 is 0. The molecule has 0 spiro atoms. The Hall–Kier alpha value is -3.42. The van der Waals surface area contributed by atoms with E-state index in [1.165, 1.54) is 19.2 Å². The normalized spacial score (nSPS) is 14.4. The number of non-ortho nitro benzene ring substituents is 1. The largest absolute Gasteiger partial charge is 0.494 e. The summed E-state index contributed by atoms with van der Waals surface area (Å²) in [7, 11) is 1.44. The van der Waals surface area contributed by atoms with E-state index < -0.39 is 0 Å². The van der Waals surface area contributed by atoms with Gasteiger partial charge in [-0.15, -0.1) is 0 Å². The van der Waals surface area contributed by atoms with E-state index in [4.69, 9.17) is 4.74 Å². The van der Waals surface area contributed by atoms with Gasteiger partial charge in [-0.3, -0.25) is 15.1 Å². The third-order valence-corrected chi connectivity index (χ3v) is 5.04. The van der Waals surface area contributed by atoms with E-state index >= 15 is 0 Å². The van der Waals surface area contributed by atoms with Crippen LogP contribution in [0.1, 0.15) is 0 Å². The van der Waals surface area contributed by atoms with Crippen molar-refractivity contribution >= 4 is 28.0 Å². The molecule has 1 aromatic heterocycles. The molecule has 1 fully saturated rings. The molecule has 0 saturated carbocycles. The fourth-order valence-electron chi connectivity index (χ4n) is 3.61. The van der Waals surface area contributed by atoms with Crippen molar-refractivity contribution in [3.05, 3.63) is 64.6 Å². The van der Waals surface area contributed by atoms with E-state index in [1.54, 1.807) is 30.5 Å². The maximum Gasteiger partial charge on any atom is 0.278 e. The number of fused-ring (bicyclic) bond motifs is 1. The highest BCUT2D eigenvalue weighted by Crippen LogP contribution is 2.33. The number of methoxy groups -OCH3 is 1. The molecule has 28 heavy (non-hydrogen) atoms. The molecule has 144 valence electrons. The summed E-state index contributed by atoms with van der Waals surface area (Å²) in [5, 5.41) is 11.8. The number of aromatic nitrogens is 1. The quantitative estimate of drug-likeness (QED) is 0.507. The van der Waals surface area contributed by atoms with Gasteiger partial charge in [0.15, 0.2) is 11.6 Å². The molecule has 4 rings (SSSR count). The number of ether oxygens (including phenoxy) is 1. The van der Waals surface area contributed by atoms with E-state index in [9.17, 15) is 14.5 Å². The minimum absolute atomic E-state index is 0.0548. The first-order valence-electron chi connectivity index (χ1n) is 8.94. The molecule has 1 saturated heterocycles. The number of piperazine rings is 1. The standard InChI is InChI=1S/C20H19FN4O3/c1-28-19-7-4-14(13-16(19)21)23-9-11-24(12-10-23)18-6-5-17(25(26)27)15-3-2-8-22-20(15)18/h2-8,13H,9-12H2,1H3. The first-order chi connectivity index (χ1) is 13.6. The van der Waals surface area contributed by atoms with Crippen molar-refractivity contribution in [1.29, 1.82) is 0 Å². The minimum Gasteiger partial charge on any atom is -0.494 e. The predicted octanol–water partition coefficient (Wildman–Crippen LogP) is 3.62. The lowest BCUT2D eigenvalue weighted by atomic mass is 10.1. The maximum atomic E-state index is 14.0. The third kappa shape index (κ3) is 3.17. The van der Waals surface area contributed by atoms with E-state index in [-0.39, 0.29) is 22.2 Å². The van der Waals surface area contributed by atoms with Crippen molar-refractivity contribution in [3.8, 4) is 5.75 Å². The first kappa shape index (κ1) is 18.0. The Balaban J connectivity index is 1.57.